The van der Waals surface area contributed by atoms with Gasteiger partial charge in [-0.3, -0.25) is 4.98 Å². The summed E-state index contributed by atoms with van der Waals surface area (Å²) in [6.45, 7) is 10.8. The largest absolute Gasteiger partial charge is 0.413 e. The Bertz CT molecular complexity index is 1750. The molecule has 0 saturated carbocycles. The van der Waals surface area contributed by atoms with Gasteiger partial charge in [0.25, 0.3) is 0 Å². The molecule has 0 aliphatic carbocycles. The highest BCUT2D eigenvalue weighted by Gasteiger charge is 2.37. The lowest BCUT2D eigenvalue weighted by molar-refractivity contribution is 0.277. The van der Waals surface area contributed by atoms with Crippen LogP contribution in [0, 0.1) is 29.1 Å². The average molecular weight is 630 g/mol. The minimum atomic E-state index is -5.02. The molecule has 0 fully saturated rings. The van der Waals surface area contributed by atoms with Crippen molar-refractivity contribution in [1.29, 1.82) is 0 Å². The van der Waals surface area contributed by atoms with Gasteiger partial charge < -0.3 is 8.61 Å². The summed E-state index contributed by atoms with van der Waals surface area (Å²) in [5, 5.41) is 1.31. The number of nitrogens with zero attached hydrogens (tertiary/aromatic N) is 1. The molecule has 1 aromatic heterocycles. The lowest BCUT2D eigenvalue weighted by Gasteiger charge is -2.36. The van der Waals surface area contributed by atoms with Gasteiger partial charge in [-0.25, -0.2) is 13.2 Å². The van der Waals surface area contributed by atoms with E-state index < -0.39 is 58.2 Å². The Hall–Kier alpha value is -3.06. The fourth-order valence-corrected chi connectivity index (χ4v) is 5.84. The van der Waals surface area contributed by atoms with Crippen LogP contribution in [0.1, 0.15) is 26.3 Å². The zero-order valence-corrected chi connectivity index (χ0v) is 25.2. The van der Waals surface area contributed by atoms with Crippen LogP contribution in [0.25, 0.3) is 22.0 Å². The van der Waals surface area contributed by atoms with E-state index in [0.29, 0.717) is 27.1 Å². The summed E-state index contributed by atoms with van der Waals surface area (Å²) in [6, 6.07) is 10.3. The molecule has 0 spiro atoms. The maximum atomic E-state index is 14.1. The van der Waals surface area contributed by atoms with Crippen molar-refractivity contribution in [2.24, 2.45) is 0 Å². The average Bonchev–Trinajstić information content (AvgIpc) is 2.91. The number of fused-ring (bicyclic) bond motifs is 1. The van der Waals surface area contributed by atoms with Crippen molar-refractivity contribution < 1.29 is 39.0 Å². The molecule has 0 amide bonds. The normalized spacial score (nSPS) is 12.7. The molecule has 0 aliphatic rings. The molecule has 0 unspecified atom stereocenters. The monoisotopic (exact) mass is 629 g/mol. The predicted molar refractivity (Wildman–Crippen MR) is 148 cm³/mol. The van der Waals surface area contributed by atoms with E-state index in [2.05, 4.69) is 43.0 Å². The highest BCUT2D eigenvalue weighted by atomic mass is 35.5. The smallest absolute Gasteiger partial charge is 0.339 e. The van der Waals surface area contributed by atoms with Crippen LogP contribution >= 0.6 is 11.6 Å². The van der Waals surface area contributed by atoms with Gasteiger partial charge in [0.15, 0.2) is 8.32 Å². The molecule has 3 aromatic carbocycles. The number of aromatic nitrogens is 1. The summed E-state index contributed by atoms with van der Waals surface area (Å²) in [6.07, 6.45) is 1.44. The standard InChI is InChI=1S/C28H25ClF5NO4SSi/c1-28(2,3)41(4,5)38-14-16-12-17(29)6-8-20(16)26-19-9-7-18(13-15(19)10-11-35-26)40(36,37)39-27-24(33)22(31)21(30)23(32)25(27)34/h6-13H,14H2,1-5H3. The fourth-order valence-electron chi connectivity index (χ4n) is 3.73. The molecule has 41 heavy (non-hydrogen) atoms. The zero-order valence-electron chi connectivity index (χ0n) is 22.6. The van der Waals surface area contributed by atoms with E-state index in [4.69, 9.17) is 16.0 Å². The minimum absolute atomic E-state index is 0.0370. The molecular formula is C28H25ClF5NO4SSi. The van der Waals surface area contributed by atoms with Crippen LogP contribution in [0.2, 0.25) is 23.2 Å². The molecule has 218 valence electrons. The third kappa shape index (κ3) is 5.97. The van der Waals surface area contributed by atoms with Crippen LogP contribution < -0.4 is 4.18 Å². The van der Waals surface area contributed by atoms with Gasteiger partial charge in [-0.1, -0.05) is 44.5 Å². The quantitative estimate of drug-likeness (QED) is 0.0674. The van der Waals surface area contributed by atoms with Gasteiger partial charge in [0, 0.05) is 22.2 Å². The van der Waals surface area contributed by atoms with Crippen molar-refractivity contribution in [2.45, 2.75) is 50.4 Å². The molecule has 1 heterocycles. The topological polar surface area (TPSA) is 65.5 Å². The first-order valence-corrected chi connectivity index (χ1v) is 16.9. The van der Waals surface area contributed by atoms with Crippen LogP contribution in [0.4, 0.5) is 22.0 Å². The van der Waals surface area contributed by atoms with Crippen LogP contribution in [0.5, 0.6) is 5.75 Å². The Balaban J connectivity index is 1.75. The Morgan fingerprint density at radius 1 is 0.878 bits per heavy atom. The summed E-state index contributed by atoms with van der Waals surface area (Å²) in [5.41, 5.74) is 1.93. The van der Waals surface area contributed by atoms with Gasteiger partial charge in [-0.15, -0.1) is 0 Å². The Kier molecular flexibility index (Phi) is 8.27. The summed E-state index contributed by atoms with van der Waals surface area (Å²) >= 11 is 6.28. The van der Waals surface area contributed by atoms with E-state index in [9.17, 15) is 30.4 Å². The highest BCUT2D eigenvalue weighted by molar-refractivity contribution is 7.87. The second kappa shape index (κ2) is 11.0. The molecular weight excluding hydrogens is 605 g/mol. The van der Waals surface area contributed by atoms with E-state index >= 15 is 0 Å². The number of benzene rings is 3. The van der Waals surface area contributed by atoms with Crippen molar-refractivity contribution in [3.05, 3.63) is 88.3 Å². The van der Waals surface area contributed by atoms with Crippen LogP contribution in [0.3, 0.4) is 0 Å². The minimum Gasteiger partial charge on any atom is -0.413 e. The maximum Gasteiger partial charge on any atom is 0.339 e. The van der Waals surface area contributed by atoms with E-state index in [0.717, 1.165) is 17.7 Å². The lowest BCUT2D eigenvalue weighted by Crippen LogP contribution is -2.40. The molecule has 13 heteroatoms. The van der Waals surface area contributed by atoms with Crippen LogP contribution in [-0.4, -0.2) is 21.7 Å². The molecule has 4 aromatic rings. The molecule has 5 nitrogen and oxygen atoms in total. The van der Waals surface area contributed by atoms with E-state index in [1.165, 1.54) is 18.3 Å². The summed E-state index contributed by atoms with van der Waals surface area (Å²) in [4.78, 5) is 3.91. The van der Waals surface area contributed by atoms with Crippen molar-refractivity contribution in [3.8, 4) is 17.0 Å². The number of hydrogen-bond acceptors (Lipinski definition) is 5. The van der Waals surface area contributed by atoms with Gasteiger partial charge in [0.1, 0.15) is 4.90 Å². The summed E-state index contributed by atoms with van der Waals surface area (Å²) < 4.78 is 105. The first-order valence-electron chi connectivity index (χ1n) is 12.2. The lowest BCUT2D eigenvalue weighted by atomic mass is 10.00. The van der Waals surface area contributed by atoms with Crippen LogP contribution in [0.15, 0.2) is 53.6 Å². The Morgan fingerprint density at radius 3 is 2.10 bits per heavy atom. The van der Waals surface area contributed by atoms with Gasteiger partial charge in [-0.05, 0) is 59.4 Å². The SMILES string of the molecule is CC(C)(C)[Si](C)(C)OCc1cc(Cl)ccc1-c1nccc2cc(S(=O)(=O)Oc3c(F)c(F)c(F)c(F)c3F)ccc12. The molecule has 0 radical (unpaired) electrons. The van der Waals surface area contributed by atoms with Crippen molar-refractivity contribution in [1.82, 2.24) is 4.98 Å². The Labute approximate surface area is 240 Å². The van der Waals surface area contributed by atoms with E-state index in [-0.39, 0.29) is 11.6 Å². The van der Waals surface area contributed by atoms with Gasteiger partial charge in [0.05, 0.1) is 12.3 Å². The van der Waals surface area contributed by atoms with Gasteiger partial charge >= 0.3 is 10.1 Å². The Morgan fingerprint density at radius 2 is 1.49 bits per heavy atom. The third-order valence-corrected chi connectivity index (χ3v) is 13.0. The van der Waals surface area contributed by atoms with E-state index in [1.54, 1.807) is 18.2 Å². The number of rotatable bonds is 7. The third-order valence-electron chi connectivity index (χ3n) is 7.10. The first-order chi connectivity index (χ1) is 18.9. The second-order valence-corrected chi connectivity index (χ2v) is 17.6. The molecule has 0 N–H and O–H groups in total. The number of hydrogen-bond donors (Lipinski definition) is 0. The fraction of sp³-hybridized carbons (Fsp3) is 0.250. The van der Waals surface area contributed by atoms with Gasteiger partial charge in [0.2, 0.25) is 34.8 Å². The van der Waals surface area contributed by atoms with Crippen molar-refractivity contribution >= 4 is 40.8 Å². The molecule has 4 rings (SSSR count). The van der Waals surface area contributed by atoms with Crippen molar-refractivity contribution in [3.63, 3.8) is 0 Å². The highest BCUT2D eigenvalue weighted by Crippen LogP contribution is 2.39. The molecule has 0 saturated heterocycles. The zero-order chi connectivity index (χ0) is 30.5. The summed E-state index contributed by atoms with van der Waals surface area (Å²) in [5.74, 6) is -13.9. The first kappa shape index (κ1) is 30.9. The second-order valence-electron chi connectivity index (χ2n) is 10.8. The van der Waals surface area contributed by atoms with Gasteiger partial charge in [-0.2, -0.15) is 17.2 Å². The molecule has 0 bridgehead atoms. The molecule has 0 atom stereocenters. The number of halogens is 6. The maximum absolute atomic E-state index is 14.1. The summed E-state index contributed by atoms with van der Waals surface area (Å²) in [7, 11) is -7.14. The molecule has 0 aliphatic heterocycles. The van der Waals surface area contributed by atoms with Crippen LogP contribution in [-0.2, 0) is 21.2 Å². The predicted octanol–water partition coefficient (Wildman–Crippen LogP) is 8.54. The number of pyridine rings is 1. The van der Waals surface area contributed by atoms with E-state index in [1.807, 2.05) is 0 Å². The van der Waals surface area contributed by atoms with Crippen molar-refractivity contribution in [2.75, 3.05) is 0 Å².